The lowest BCUT2D eigenvalue weighted by Gasteiger charge is -2.34. The summed E-state index contributed by atoms with van der Waals surface area (Å²) in [5, 5.41) is 2.76. The van der Waals surface area contributed by atoms with Crippen LogP contribution in [-0.2, 0) is 29.2 Å². The van der Waals surface area contributed by atoms with Gasteiger partial charge in [0.2, 0.25) is 5.91 Å². The van der Waals surface area contributed by atoms with Gasteiger partial charge in [-0.3, -0.25) is 9.69 Å². The first kappa shape index (κ1) is 28.0. The van der Waals surface area contributed by atoms with Crippen LogP contribution in [-0.4, -0.2) is 61.7 Å². The summed E-state index contributed by atoms with van der Waals surface area (Å²) >= 11 is 0. The van der Waals surface area contributed by atoms with Gasteiger partial charge in [-0.05, 0) is 35.2 Å². The van der Waals surface area contributed by atoms with Crippen LogP contribution in [0.25, 0.3) is 0 Å². The molecule has 0 radical (unpaired) electrons. The third-order valence-corrected chi connectivity index (χ3v) is 6.64. The predicted octanol–water partition coefficient (Wildman–Crippen LogP) is 4.63. The minimum Gasteiger partial charge on any atom is -0.493 e. The fourth-order valence-electron chi connectivity index (χ4n) is 4.45. The van der Waals surface area contributed by atoms with E-state index in [2.05, 4.69) is 34.5 Å². The first-order valence-corrected chi connectivity index (χ1v) is 13.4. The molecule has 3 aromatic carbocycles. The lowest BCUT2D eigenvalue weighted by atomic mass is 10.2. The van der Waals surface area contributed by atoms with E-state index in [1.165, 1.54) is 5.56 Å². The lowest BCUT2D eigenvalue weighted by Crippen LogP contribution is -2.48. The molecule has 0 aliphatic carbocycles. The summed E-state index contributed by atoms with van der Waals surface area (Å²) < 4.78 is 16.6. The van der Waals surface area contributed by atoms with E-state index in [4.69, 9.17) is 14.2 Å². The molecule has 1 aliphatic heterocycles. The van der Waals surface area contributed by atoms with Gasteiger partial charge in [0.25, 0.3) is 0 Å². The van der Waals surface area contributed by atoms with Crippen LogP contribution >= 0.6 is 0 Å². The van der Waals surface area contributed by atoms with Crippen molar-refractivity contribution in [3.63, 3.8) is 0 Å². The van der Waals surface area contributed by atoms with Gasteiger partial charge in [0.1, 0.15) is 6.61 Å². The molecule has 39 heavy (non-hydrogen) atoms. The Morgan fingerprint density at radius 2 is 1.51 bits per heavy atom. The molecule has 0 saturated carbocycles. The molecule has 8 heteroatoms. The van der Waals surface area contributed by atoms with Gasteiger partial charge in [0.05, 0.1) is 13.7 Å². The second-order valence-corrected chi connectivity index (χ2v) is 9.50. The average Bonchev–Trinajstić information content (AvgIpc) is 2.98. The first-order valence-electron chi connectivity index (χ1n) is 13.4. The Morgan fingerprint density at radius 1 is 0.821 bits per heavy atom. The SMILES string of the molecule is COc1ccc(CNC(=O)OCc2ccccc2)cc1OCCCC(=O)N1CCN(Cc2ccccc2)CC1. The van der Waals surface area contributed by atoms with Crippen LogP contribution in [0.15, 0.2) is 78.9 Å². The third-order valence-electron chi connectivity index (χ3n) is 6.64. The number of carbonyl (C=O) groups is 2. The molecule has 1 heterocycles. The fourth-order valence-corrected chi connectivity index (χ4v) is 4.45. The highest BCUT2D eigenvalue weighted by atomic mass is 16.5. The summed E-state index contributed by atoms with van der Waals surface area (Å²) in [6.45, 7) is 5.10. The van der Waals surface area contributed by atoms with Gasteiger partial charge in [0, 0.05) is 45.7 Å². The molecule has 1 aliphatic rings. The van der Waals surface area contributed by atoms with Crippen molar-refractivity contribution in [3.8, 4) is 11.5 Å². The highest BCUT2D eigenvalue weighted by Gasteiger charge is 2.21. The van der Waals surface area contributed by atoms with Crippen LogP contribution < -0.4 is 14.8 Å². The van der Waals surface area contributed by atoms with Crippen LogP contribution in [0.3, 0.4) is 0 Å². The number of nitrogens with one attached hydrogen (secondary N) is 1. The maximum atomic E-state index is 12.7. The predicted molar refractivity (Wildman–Crippen MR) is 149 cm³/mol. The smallest absolute Gasteiger partial charge is 0.407 e. The molecule has 0 unspecified atom stereocenters. The van der Waals surface area contributed by atoms with E-state index in [1.807, 2.05) is 59.5 Å². The Kier molecular flexibility index (Phi) is 10.6. The van der Waals surface area contributed by atoms with Crippen molar-refractivity contribution < 1.29 is 23.8 Å². The number of carbonyl (C=O) groups excluding carboxylic acids is 2. The van der Waals surface area contributed by atoms with E-state index >= 15 is 0 Å². The topological polar surface area (TPSA) is 80.3 Å². The van der Waals surface area contributed by atoms with Crippen molar-refractivity contribution in [3.05, 3.63) is 95.6 Å². The zero-order valence-electron chi connectivity index (χ0n) is 22.5. The first-order chi connectivity index (χ1) is 19.1. The largest absolute Gasteiger partial charge is 0.493 e. The van der Waals surface area contributed by atoms with Crippen molar-refractivity contribution in [2.75, 3.05) is 39.9 Å². The number of benzene rings is 3. The number of nitrogens with zero attached hydrogens (tertiary/aromatic N) is 2. The highest BCUT2D eigenvalue weighted by molar-refractivity contribution is 5.76. The van der Waals surface area contributed by atoms with Gasteiger partial charge in [-0.2, -0.15) is 0 Å². The van der Waals surface area contributed by atoms with E-state index in [-0.39, 0.29) is 12.5 Å². The fraction of sp³-hybridized carbons (Fsp3) is 0.355. The van der Waals surface area contributed by atoms with Gasteiger partial charge in [-0.15, -0.1) is 0 Å². The monoisotopic (exact) mass is 531 g/mol. The summed E-state index contributed by atoms with van der Waals surface area (Å²) in [6, 6.07) is 25.5. The van der Waals surface area contributed by atoms with Crippen LogP contribution in [0.1, 0.15) is 29.5 Å². The molecule has 1 saturated heterocycles. The van der Waals surface area contributed by atoms with Gasteiger partial charge in [0.15, 0.2) is 11.5 Å². The summed E-state index contributed by atoms with van der Waals surface area (Å²) in [5.41, 5.74) is 3.08. The van der Waals surface area contributed by atoms with Crippen molar-refractivity contribution in [1.29, 1.82) is 0 Å². The molecule has 206 valence electrons. The molecule has 0 atom stereocenters. The summed E-state index contributed by atoms with van der Waals surface area (Å²) in [5.74, 6) is 1.35. The Balaban J connectivity index is 1.16. The Hall–Kier alpha value is -4.04. The molecule has 1 N–H and O–H groups in total. The van der Waals surface area contributed by atoms with E-state index in [9.17, 15) is 9.59 Å². The second kappa shape index (κ2) is 14.8. The number of hydrogen-bond donors (Lipinski definition) is 1. The molecule has 1 fully saturated rings. The Morgan fingerprint density at radius 3 is 2.21 bits per heavy atom. The molecule has 4 rings (SSSR count). The molecule has 0 aromatic heterocycles. The number of amides is 2. The standard InChI is InChI=1S/C31H37N3O5/c1-37-28-15-14-27(22-32-31(36)39-24-26-11-6-3-7-12-26)21-29(28)38-20-8-13-30(35)34-18-16-33(17-19-34)23-25-9-4-2-5-10-25/h2-7,9-12,14-15,21H,8,13,16-20,22-24H2,1H3,(H,32,36). The quantitative estimate of drug-likeness (QED) is 0.344. The molecule has 3 aromatic rings. The number of rotatable bonds is 12. The second-order valence-electron chi connectivity index (χ2n) is 9.50. The number of methoxy groups -OCH3 is 1. The minimum absolute atomic E-state index is 0.164. The third kappa shape index (κ3) is 9.04. The van der Waals surface area contributed by atoms with Gasteiger partial charge in [-0.1, -0.05) is 66.7 Å². The van der Waals surface area contributed by atoms with Crippen molar-refractivity contribution in [2.24, 2.45) is 0 Å². The molecular formula is C31H37N3O5. The van der Waals surface area contributed by atoms with Crippen molar-refractivity contribution in [2.45, 2.75) is 32.5 Å². The summed E-state index contributed by atoms with van der Waals surface area (Å²) in [7, 11) is 1.59. The van der Waals surface area contributed by atoms with E-state index in [1.54, 1.807) is 7.11 Å². The maximum Gasteiger partial charge on any atom is 0.407 e. The zero-order valence-corrected chi connectivity index (χ0v) is 22.5. The summed E-state index contributed by atoms with van der Waals surface area (Å²) in [4.78, 5) is 29.1. The van der Waals surface area contributed by atoms with Crippen LogP contribution in [0.4, 0.5) is 4.79 Å². The zero-order chi connectivity index (χ0) is 27.3. The molecule has 0 bridgehead atoms. The Bertz CT molecular complexity index is 1180. The van der Waals surface area contributed by atoms with Crippen LogP contribution in [0.2, 0.25) is 0 Å². The number of piperazine rings is 1. The van der Waals surface area contributed by atoms with Crippen LogP contribution in [0.5, 0.6) is 11.5 Å². The number of hydrogen-bond acceptors (Lipinski definition) is 6. The number of alkyl carbamates (subject to hydrolysis) is 1. The van der Waals surface area contributed by atoms with E-state index < -0.39 is 6.09 Å². The van der Waals surface area contributed by atoms with Gasteiger partial charge >= 0.3 is 6.09 Å². The molecule has 8 nitrogen and oxygen atoms in total. The normalized spacial score (nSPS) is 13.5. The number of ether oxygens (including phenoxy) is 3. The molecule has 2 amide bonds. The minimum atomic E-state index is -0.489. The van der Waals surface area contributed by atoms with Crippen LogP contribution in [0, 0.1) is 0 Å². The lowest BCUT2D eigenvalue weighted by molar-refractivity contribution is -0.133. The van der Waals surface area contributed by atoms with E-state index in [0.717, 1.165) is 43.9 Å². The van der Waals surface area contributed by atoms with Crippen molar-refractivity contribution in [1.82, 2.24) is 15.1 Å². The highest BCUT2D eigenvalue weighted by Crippen LogP contribution is 2.28. The molecule has 0 spiro atoms. The van der Waals surface area contributed by atoms with Gasteiger partial charge < -0.3 is 24.4 Å². The summed E-state index contributed by atoms with van der Waals surface area (Å²) in [6.07, 6.45) is 0.562. The molecular weight excluding hydrogens is 494 g/mol. The average molecular weight is 532 g/mol. The Labute approximate surface area is 230 Å². The van der Waals surface area contributed by atoms with E-state index in [0.29, 0.717) is 37.5 Å². The van der Waals surface area contributed by atoms with Crippen molar-refractivity contribution >= 4 is 12.0 Å². The van der Waals surface area contributed by atoms with Gasteiger partial charge in [-0.25, -0.2) is 4.79 Å². The maximum absolute atomic E-state index is 12.7.